The van der Waals surface area contributed by atoms with Gasteiger partial charge in [-0.2, -0.15) is 4.98 Å². The van der Waals surface area contributed by atoms with Gasteiger partial charge in [-0.05, 0) is 12.1 Å². The molecule has 13 heteroatoms. The van der Waals surface area contributed by atoms with Gasteiger partial charge in [-0.15, -0.1) is 0 Å². The number of ether oxygens (including phenoxy) is 4. The summed E-state index contributed by atoms with van der Waals surface area (Å²) in [7, 11) is 4.46. The number of carbonyl (C=O) groups is 1. The summed E-state index contributed by atoms with van der Waals surface area (Å²) in [6.07, 6.45) is 2.79. The van der Waals surface area contributed by atoms with Crippen LogP contribution in [0.15, 0.2) is 35.8 Å². The molecule has 0 unspecified atom stereocenters. The highest BCUT2D eigenvalue weighted by molar-refractivity contribution is 6.41. The van der Waals surface area contributed by atoms with Gasteiger partial charge in [0.15, 0.2) is 0 Å². The van der Waals surface area contributed by atoms with Crippen molar-refractivity contribution in [1.29, 1.82) is 0 Å². The lowest BCUT2D eigenvalue weighted by Crippen LogP contribution is -2.45. The van der Waals surface area contributed by atoms with Gasteiger partial charge in [0.05, 0.1) is 68.3 Å². The quantitative estimate of drug-likeness (QED) is 0.358. The van der Waals surface area contributed by atoms with Gasteiger partial charge in [-0.3, -0.25) is 14.2 Å². The van der Waals surface area contributed by atoms with Gasteiger partial charge < -0.3 is 29.6 Å². The van der Waals surface area contributed by atoms with Crippen LogP contribution < -0.4 is 25.7 Å². The van der Waals surface area contributed by atoms with Gasteiger partial charge >= 0.3 is 0 Å². The molecule has 0 aliphatic carbocycles. The number of nitrogens with zero attached hydrogens (tertiary/aromatic N) is 3. The molecule has 38 heavy (non-hydrogen) atoms. The number of benzene rings is 1. The van der Waals surface area contributed by atoms with Gasteiger partial charge in [0.2, 0.25) is 11.9 Å². The molecule has 3 heterocycles. The van der Waals surface area contributed by atoms with E-state index in [0.29, 0.717) is 35.7 Å². The second-order valence-electron chi connectivity index (χ2n) is 8.37. The predicted molar refractivity (Wildman–Crippen MR) is 145 cm³/mol. The minimum Gasteiger partial charge on any atom is -0.495 e. The summed E-state index contributed by atoms with van der Waals surface area (Å²) >= 11 is 13.2. The molecule has 2 N–H and O–H groups in total. The lowest BCUT2D eigenvalue weighted by atomic mass is 10.0. The van der Waals surface area contributed by atoms with E-state index in [1.807, 2.05) is 0 Å². The molecule has 1 aliphatic heterocycles. The fourth-order valence-electron chi connectivity index (χ4n) is 4.17. The van der Waals surface area contributed by atoms with Crippen LogP contribution in [0.25, 0.3) is 22.2 Å². The number of pyridine rings is 1. The molecule has 3 aromatic rings. The Bertz CT molecular complexity index is 1400. The number of carbonyl (C=O) groups excluding carboxylic acids is 1. The van der Waals surface area contributed by atoms with Gasteiger partial charge in [0, 0.05) is 30.3 Å². The zero-order valence-corrected chi connectivity index (χ0v) is 22.6. The van der Waals surface area contributed by atoms with Crippen molar-refractivity contribution in [2.24, 2.45) is 0 Å². The molecule has 1 amide bonds. The van der Waals surface area contributed by atoms with Crippen molar-refractivity contribution in [3.63, 3.8) is 0 Å². The Morgan fingerprint density at radius 1 is 1.18 bits per heavy atom. The number of nitrogens with one attached hydrogen (secondary N) is 2. The van der Waals surface area contributed by atoms with Crippen molar-refractivity contribution in [3.05, 3.63) is 51.4 Å². The van der Waals surface area contributed by atoms with E-state index in [4.69, 9.17) is 42.1 Å². The van der Waals surface area contributed by atoms with E-state index in [1.54, 1.807) is 18.3 Å². The monoisotopic (exact) mass is 563 g/mol. The van der Waals surface area contributed by atoms with Crippen molar-refractivity contribution < 1.29 is 23.7 Å². The second-order valence-corrected chi connectivity index (χ2v) is 9.13. The largest absolute Gasteiger partial charge is 0.495 e. The van der Waals surface area contributed by atoms with Crippen LogP contribution in [-0.4, -0.2) is 73.7 Å². The van der Waals surface area contributed by atoms with Crippen LogP contribution >= 0.6 is 23.2 Å². The molecule has 0 bridgehead atoms. The number of halogens is 2. The minimum atomic E-state index is -0.390. The molecule has 1 fully saturated rings. The summed E-state index contributed by atoms with van der Waals surface area (Å²) in [5, 5.41) is 6.91. The third kappa shape index (κ3) is 5.41. The number of aromatic nitrogens is 3. The van der Waals surface area contributed by atoms with Crippen LogP contribution in [-0.2, 0) is 20.8 Å². The number of amides is 1. The smallest absolute Gasteiger partial charge is 0.260 e. The van der Waals surface area contributed by atoms with Gasteiger partial charge in [0.1, 0.15) is 17.1 Å². The maximum absolute atomic E-state index is 13.8. The van der Waals surface area contributed by atoms with E-state index in [0.717, 1.165) is 0 Å². The number of hydrogen-bond acceptors (Lipinski definition) is 9. The predicted octanol–water partition coefficient (Wildman–Crippen LogP) is 2.91. The molecular weight excluding hydrogens is 537 g/mol. The van der Waals surface area contributed by atoms with Crippen molar-refractivity contribution in [2.75, 3.05) is 46.5 Å². The molecule has 0 spiro atoms. The summed E-state index contributed by atoms with van der Waals surface area (Å²) in [5.41, 5.74) is 0.481. The molecule has 1 aromatic carbocycles. The SMILES string of the molecule is C=CC(=O)N[C@H]1COC[C@H]1Nc1ncc2cc(-c3c(Cl)c(OC)cc(OC)c3Cl)c(=O)n(CCOC)c2n1. The van der Waals surface area contributed by atoms with E-state index >= 15 is 0 Å². The summed E-state index contributed by atoms with van der Waals surface area (Å²) in [5.74, 6) is 0.569. The summed E-state index contributed by atoms with van der Waals surface area (Å²) < 4.78 is 23.0. The molecule has 0 radical (unpaired) electrons. The van der Waals surface area contributed by atoms with Crippen LogP contribution in [0.4, 0.5) is 5.95 Å². The molecule has 1 saturated heterocycles. The molecule has 0 saturated carbocycles. The highest BCUT2D eigenvalue weighted by Gasteiger charge is 2.30. The Morgan fingerprint density at radius 3 is 2.50 bits per heavy atom. The average molecular weight is 564 g/mol. The van der Waals surface area contributed by atoms with Crippen molar-refractivity contribution in [1.82, 2.24) is 19.9 Å². The normalized spacial score (nSPS) is 16.9. The standard InChI is InChI=1S/C25H27Cl2N5O6/c1-5-19(33)29-15-11-38-12-16(15)30-25-28-10-13-8-14(24(34)32(6-7-35-2)23(13)31-25)20-21(26)17(36-3)9-18(37-4)22(20)27/h5,8-10,15-16H,1,6-7,11-12H2,2-4H3,(H,29,33)(H,28,30,31)/t15-,16+/m0/s1. The molecule has 4 rings (SSSR count). The van der Waals surface area contributed by atoms with Crippen LogP contribution in [0, 0.1) is 0 Å². The van der Waals surface area contributed by atoms with E-state index in [2.05, 4.69) is 27.2 Å². The summed E-state index contributed by atoms with van der Waals surface area (Å²) in [6.45, 7) is 4.60. The van der Waals surface area contributed by atoms with Gasteiger partial charge in [-0.25, -0.2) is 4.98 Å². The Labute approximate surface area is 228 Å². The fourth-order valence-corrected chi connectivity index (χ4v) is 4.87. The lowest BCUT2D eigenvalue weighted by Gasteiger charge is -2.20. The summed E-state index contributed by atoms with van der Waals surface area (Å²) in [4.78, 5) is 34.6. The van der Waals surface area contributed by atoms with Crippen LogP contribution in [0.5, 0.6) is 11.5 Å². The maximum atomic E-state index is 13.8. The van der Waals surface area contributed by atoms with Crippen LogP contribution in [0.3, 0.4) is 0 Å². The lowest BCUT2D eigenvalue weighted by molar-refractivity contribution is -0.117. The zero-order valence-electron chi connectivity index (χ0n) is 21.0. The minimum absolute atomic E-state index is 0.168. The molecule has 2 atom stereocenters. The fraction of sp³-hybridized carbons (Fsp3) is 0.360. The zero-order chi connectivity index (χ0) is 27.4. The Hall–Kier alpha value is -3.38. The number of fused-ring (bicyclic) bond motifs is 1. The molecule has 11 nitrogen and oxygen atoms in total. The first-order chi connectivity index (χ1) is 18.3. The first-order valence-electron chi connectivity index (χ1n) is 11.6. The van der Waals surface area contributed by atoms with E-state index in [9.17, 15) is 9.59 Å². The topological polar surface area (TPSA) is 126 Å². The van der Waals surface area contributed by atoms with E-state index < -0.39 is 5.56 Å². The van der Waals surface area contributed by atoms with Crippen LogP contribution in [0.1, 0.15) is 0 Å². The average Bonchev–Trinajstić information content (AvgIpc) is 3.34. The third-order valence-electron chi connectivity index (χ3n) is 6.10. The van der Waals surface area contributed by atoms with Crippen molar-refractivity contribution in [3.8, 4) is 22.6 Å². The first-order valence-corrected chi connectivity index (χ1v) is 12.4. The number of rotatable bonds is 10. The number of hydrogen-bond donors (Lipinski definition) is 2. The molecule has 202 valence electrons. The number of anilines is 1. The number of methoxy groups -OCH3 is 3. The van der Waals surface area contributed by atoms with E-state index in [-0.39, 0.29) is 58.3 Å². The third-order valence-corrected chi connectivity index (χ3v) is 6.85. The maximum Gasteiger partial charge on any atom is 0.260 e. The Morgan fingerprint density at radius 2 is 1.87 bits per heavy atom. The van der Waals surface area contributed by atoms with Crippen molar-refractivity contribution >= 4 is 46.1 Å². The molecule has 2 aromatic heterocycles. The molecular formula is C25H27Cl2N5O6. The molecule has 1 aliphatic rings. The van der Waals surface area contributed by atoms with Crippen LogP contribution in [0.2, 0.25) is 10.0 Å². The Kier molecular flexibility index (Phi) is 8.72. The highest BCUT2D eigenvalue weighted by Crippen LogP contribution is 2.45. The highest BCUT2D eigenvalue weighted by atomic mass is 35.5. The second kappa shape index (κ2) is 12.0. The summed E-state index contributed by atoms with van der Waals surface area (Å²) in [6, 6.07) is 2.60. The van der Waals surface area contributed by atoms with Crippen molar-refractivity contribution in [2.45, 2.75) is 18.6 Å². The van der Waals surface area contributed by atoms with E-state index in [1.165, 1.54) is 32.0 Å². The Balaban J connectivity index is 1.82. The van der Waals surface area contributed by atoms with Gasteiger partial charge in [0.25, 0.3) is 5.56 Å². The first kappa shape index (κ1) is 27.6. The van der Waals surface area contributed by atoms with Gasteiger partial charge in [-0.1, -0.05) is 29.8 Å².